The maximum atomic E-state index is 5.81. The van der Waals surface area contributed by atoms with Crippen LogP contribution < -0.4 is 0 Å². The second-order valence-electron chi connectivity index (χ2n) is 10.6. The average molecular weight is 710 g/mol. The van der Waals surface area contributed by atoms with Gasteiger partial charge in [-0.15, -0.1) is 0 Å². The van der Waals surface area contributed by atoms with Gasteiger partial charge in [0.15, 0.2) is 0 Å². The molecule has 0 bridgehead atoms. The third kappa shape index (κ3) is 24.7. The summed E-state index contributed by atoms with van der Waals surface area (Å²) in [5.74, 6) is 0. The van der Waals surface area contributed by atoms with Crippen LogP contribution in [0.15, 0.2) is 84.9 Å². The normalized spacial score (nSPS) is 11.1. The molecule has 1 radical (unpaired) electrons. The molecule has 49 heavy (non-hydrogen) atoms. The van der Waals surface area contributed by atoms with Gasteiger partial charge >= 0.3 is 0 Å². The molecule has 0 spiro atoms. The fourth-order valence-corrected chi connectivity index (χ4v) is 4.29. The van der Waals surface area contributed by atoms with Crippen LogP contribution in [0.25, 0.3) is 0 Å². The van der Waals surface area contributed by atoms with Crippen LogP contribution in [-0.2, 0) is 73.8 Å². The van der Waals surface area contributed by atoms with Crippen LogP contribution in [0.1, 0.15) is 22.3 Å². The Balaban J connectivity index is 0.00000833. The first kappa shape index (κ1) is 44.1. The molecule has 0 amide bonds. The first-order chi connectivity index (χ1) is 23.9. The summed E-state index contributed by atoms with van der Waals surface area (Å²) in [6.07, 6.45) is 0. The molecule has 0 N–H and O–H groups in total. The van der Waals surface area contributed by atoms with E-state index in [1.54, 1.807) is 0 Å². The maximum absolute atomic E-state index is 5.81. The summed E-state index contributed by atoms with van der Waals surface area (Å²) >= 11 is 0. The van der Waals surface area contributed by atoms with Crippen molar-refractivity contribution < 1.29 is 47.4 Å². The Hall–Kier alpha value is -1.10. The average Bonchev–Trinajstić information content (AvgIpc) is 3.13. The zero-order valence-electron chi connectivity index (χ0n) is 29.3. The largest absolute Gasteiger partial charge is 0.377 e. The second-order valence-corrected chi connectivity index (χ2v) is 10.6. The third-order valence-corrected chi connectivity index (χ3v) is 6.83. The molecule has 0 aromatic heterocycles. The molecule has 0 aliphatic rings. The molecule has 267 valence electrons. The van der Waals surface area contributed by atoms with Gasteiger partial charge in [0.25, 0.3) is 0 Å². The first-order valence-electron chi connectivity index (χ1n) is 16.8. The van der Waals surface area contributed by atoms with E-state index < -0.39 is 0 Å². The van der Waals surface area contributed by atoms with E-state index in [9.17, 15) is 0 Å². The van der Waals surface area contributed by atoms with Crippen LogP contribution in [0.4, 0.5) is 0 Å². The molecule has 0 aliphatic carbocycles. The van der Waals surface area contributed by atoms with E-state index in [1.165, 1.54) is 0 Å². The van der Waals surface area contributed by atoms with Crippen molar-refractivity contribution in [2.75, 3.05) is 106 Å². The van der Waals surface area contributed by atoms with Gasteiger partial charge in [-0.2, -0.15) is 0 Å². The van der Waals surface area contributed by atoms with Gasteiger partial charge in [0.05, 0.1) is 132 Å². The van der Waals surface area contributed by atoms with Gasteiger partial charge in [0, 0.05) is 51.4 Å². The van der Waals surface area contributed by atoms with Crippen LogP contribution in [0.5, 0.6) is 0 Å². The summed E-state index contributed by atoms with van der Waals surface area (Å²) in [5.41, 5.74) is 4.53. The molecular formula is C38H54KO10. The number of ether oxygens (including phenoxy) is 10. The maximum Gasteiger partial charge on any atom is 0.0721 e. The van der Waals surface area contributed by atoms with E-state index in [0.29, 0.717) is 132 Å². The van der Waals surface area contributed by atoms with Crippen molar-refractivity contribution >= 4 is 51.4 Å². The SMILES string of the molecule is [K].c1ccc(COCCOCCOCCOCCOCc2ccccc2COCCOCCOCCOCCOCc2ccccc2)cc1. The van der Waals surface area contributed by atoms with Crippen molar-refractivity contribution in [3.05, 3.63) is 107 Å². The quantitative estimate of drug-likeness (QED) is 0.0661. The molecule has 0 saturated heterocycles. The Labute approximate surface area is 335 Å². The van der Waals surface area contributed by atoms with Crippen LogP contribution in [0, 0.1) is 0 Å². The molecule has 3 aromatic carbocycles. The molecule has 3 rings (SSSR count). The van der Waals surface area contributed by atoms with Gasteiger partial charge in [0.2, 0.25) is 0 Å². The molecule has 0 atom stereocenters. The number of benzene rings is 3. The third-order valence-electron chi connectivity index (χ3n) is 6.83. The van der Waals surface area contributed by atoms with E-state index in [2.05, 4.69) is 12.1 Å². The number of rotatable bonds is 32. The zero-order valence-corrected chi connectivity index (χ0v) is 32.4. The summed E-state index contributed by atoms with van der Waals surface area (Å²) in [7, 11) is 0. The van der Waals surface area contributed by atoms with Gasteiger partial charge in [-0.25, -0.2) is 0 Å². The Morgan fingerprint density at radius 3 is 0.755 bits per heavy atom. The van der Waals surface area contributed by atoms with Gasteiger partial charge < -0.3 is 47.4 Å². The number of hydrogen-bond donors (Lipinski definition) is 0. The molecule has 0 unspecified atom stereocenters. The van der Waals surface area contributed by atoms with Crippen molar-refractivity contribution in [3.63, 3.8) is 0 Å². The van der Waals surface area contributed by atoms with Crippen LogP contribution in [0.2, 0.25) is 0 Å². The Morgan fingerprint density at radius 1 is 0.245 bits per heavy atom. The van der Waals surface area contributed by atoms with Crippen LogP contribution in [0.3, 0.4) is 0 Å². The summed E-state index contributed by atoms with van der Waals surface area (Å²) < 4.78 is 56.2. The summed E-state index contributed by atoms with van der Waals surface area (Å²) in [4.78, 5) is 0. The van der Waals surface area contributed by atoms with Crippen molar-refractivity contribution in [2.45, 2.75) is 26.4 Å². The molecule has 0 heterocycles. The molecule has 0 aliphatic heterocycles. The molecule has 0 saturated carbocycles. The molecule has 3 aromatic rings. The monoisotopic (exact) mass is 709 g/mol. The second kappa shape index (κ2) is 32.8. The predicted molar refractivity (Wildman–Crippen MR) is 189 cm³/mol. The van der Waals surface area contributed by atoms with Gasteiger partial charge in [-0.3, -0.25) is 0 Å². The summed E-state index contributed by atoms with van der Waals surface area (Å²) in [6.45, 7) is 10.7. The molecule has 10 nitrogen and oxygen atoms in total. The molecule has 0 fully saturated rings. The van der Waals surface area contributed by atoms with Gasteiger partial charge in [-0.05, 0) is 22.3 Å². The van der Waals surface area contributed by atoms with Gasteiger partial charge in [0.1, 0.15) is 0 Å². The zero-order chi connectivity index (χ0) is 33.4. The standard InChI is InChI=1S/C38H54O10.K/c1-3-9-35(10-4-1)31-45-27-23-41-19-15-39-17-21-43-25-29-47-33-37-13-7-8-14-38(37)34-48-30-26-44-22-18-40-16-20-42-24-28-46-32-36-11-5-2-6-12-36;/h1-14H,15-34H2;. The van der Waals surface area contributed by atoms with Gasteiger partial charge in [-0.1, -0.05) is 84.9 Å². The van der Waals surface area contributed by atoms with E-state index in [1.807, 2.05) is 72.8 Å². The van der Waals surface area contributed by atoms with Crippen molar-refractivity contribution in [1.82, 2.24) is 0 Å². The fraction of sp³-hybridized carbons (Fsp3) is 0.526. The predicted octanol–water partition coefficient (Wildman–Crippen LogP) is 4.87. The topological polar surface area (TPSA) is 92.3 Å². The van der Waals surface area contributed by atoms with Crippen molar-refractivity contribution in [2.24, 2.45) is 0 Å². The summed E-state index contributed by atoms with van der Waals surface area (Å²) in [5, 5.41) is 0. The smallest absolute Gasteiger partial charge is 0.0721 e. The van der Waals surface area contributed by atoms with Crippen LogP contribution >= 0.6 is 0 Å². The van der Waals surface area contributed by atoms with E-state index in [0.717, 1.165) is 22.3 Å². The molecule has 11 heteroatoms. The summed E-state index contributed by atoms with van der Waals surface area (Å²) in [6, 6.07) is 28.3. The Morgan fingerprint density at radius 2 is 0.469 bits per heavy atom. The van der Waals surface area contributed by atoms with Crippen molar-refractivity contribution in [1.29, 1.82) is 0 Å². The van der Waals surface area contributed by atoms with E-state index in [-0.39, 0.29) is 51.4 Å². The number of hydrogen-bond acceptors (Lipinski definition) is 10. The fourth-order valence-electron chi connectivity index (χ4n) is 4.29. The van der Waals surface area contributed by atoms with E-state index in [4.69, 9.17) is 47.4 Å². The Bertz CT molecular complexity index is 1040. The van der Waals surface area contributed by atoms with E-state index >= 15 is 0 Å². The Kier molecular flexibility index (Phi) is 29.5. The minimum atomic E-state index is 0. The van der Waals surface area contributed by atoms with Crippen LogP contribution in [-0.4, -0.2) is 157 Å². The molecular weight excluding hydrogens is 656 g/mol. The first-order valence-corrected chi connectivity index (χ1v) is 16.8. The van der Waals surface area contributed by atoms with Crippen molar-refractivity contribution in [3.8, 4) is 0 Å². The minimum absolute atomic E-state index is 0. The minimum Gasteiger partial charge on any atom is -0.377 e.